The number of fused-ring (bicyclic) bond motifs is 16. The molecule has 3 aliphatic carbocycles. The summed E-state index contributed by atoms with van der Waals surface area (Å²) in [7, 11) is 0. The molecule has 310 valence electrons. The number of hydrogen-bond acceptors (Lipinski definition) is 1. The highest BCUT2D eigenvalue weighted by Crippen LogP contribution is 2.63. The highest BCUT2D eigenvalue weighted by Gasteiger charge is 2.51. The van der Waals surface area contributed by atoms with Crippen LogP contribution in [0.4, 0.5) is 17.1 Å². The van der Waals surface area contributed by atoms with E-state index in [9.17, 15) is 0 Å². The van der Waals surface area contributed by atoms with Crippen LogP contribution >= 0.6 is 0 Å². The van der Waals surface area contributed by atoms with Gasteiger partial charge in [0, 0.05) is 38.8 Å². The van der Waals surface area contributed by atoms with E-state index >= 15 is 0 Å². The fraction of sp³-hybridized carbons (Fsp3) is 0.0625. The van der Waals surface area contributed by atoms with Gasteiger partial charge in [-0.1, -0.05) is 190 Å². The van der Waals surface area contributed by atoms with E-state index in [1.807, 2.05) is 0 Å². The zero-order chi connectivity index (χ0) is 43.7. The third-order valence-electron chi connectivity index (χ3n) is 15.2. The summed E-state index contributed by atoms with van der Waals surface area (Å²) in [5.41, 5.74) is 24.7. The summed E-state index contributed by atoms with van der Waals surface area (Å²) in [5, 5.41) is 2.51. The summed E-state index contributed by atoms with van der Waals surface area (Å²) in [6, 6.07) is 86.3. The first kappa shape index (κ1) is 37.2. The van der Waals surface area contributed by atoms with Gasteiger partial charge in [-0.05, 0) is 127 Å². The molecule has 0 unspecified atom stereocenters. The molecule has 0 fully saturated rings. The highest BCUT2D eigenvalue weighted by molar-refractivity contribution is 6.09. The zero-order valence-corrected chi connectivity index (χ0v) is 36.8. The van der Waals surface area contributed by atoms with Crippen molar-refractivity contribution in [1.29, 1.82) is 0 Å². The minimum atomic E-state index is -0.430. The van der Waals surface area contributed by atoms with E-state index in [-0.39, 0.29) is 5.41 Å². The van der Waals surface area contributed by atoms with E-state index in [1.54, 1.807) is 0 Å². The molecule has 1 heterocycles. The number of anilines is 3. The molecule has 0 amide bonds. The molecule has 14 rings (SSSR count). The number of benzene rings is 10. The molecule has 0 aliphatic heterocycles. The zero-order valence-electron chi connectivity index (χ0n) is 36.8. The molecule has 10 aromatic carbocycles. The van der Waals surface area contributed by atoms with Gasteiger partial charge < -0.3 is 9.47 Å². The van der Waals surface area contributed by atoms with Crippen molar-refractivity contribution in [2.75, 3.05) is 4.90 Å². The topological polar surface area (TPSA) is 8.17 Å². The Balaban J connectivity index is 1.01. The van der Waals surface area contributed by atoms with Crippen LogP contribution in [0.2, 0.25) is 0 Å². The predicted molar refractivity (Wildman–Crippen MR) is 275 cm³/mol. The number of nitrogens with zero attached hydrogens (tertiary/aromatic N) is 2. The normalized spacial score (nSPS) is 14.2. The lowest BCUT2D eigenvalue weighted by Gasteiger charge is -2.32. The maximum Gasteiger partial charge on any atom is 0.0725 e. The van der Waals surface area contributed by atoms with Gasteiger partial charge in [0.25, 0.3) is 0 Å². The van der Waals surface area contributed by atoms with Gasteiger partial charge in [-0.2, -0.15) is 0 Å². The van der Waals surface area contributed by atoms with Crippen molar-refractivity contribution in [3.8, 4) is 50.2 Å². The van der Waals surface area contributed by atoms with Crippen LogP contribution in [0, 0.1) is 0 Å². The van der Waals surface area contributed by atoms with E-state index in [4.69, 9.17) is 0 Å². The van der Waals surface area contributed by atoms with Crippen LogP contribution in [0.1, 0.15) is 47.2 Å². The maximum atomic E-state index is 2.52. The molecule has 0 radical (unpaired) electrons. The number of para-hydroxylation sites is 3. The van der Waals surface area contributed by atoms with Gasteiger partial charge in [-0.3, -0.25) is 0 Å². The van der Waals surface area contributed by atoms with Crippen LogP contribution in [0.5, 0.6) is 0 Å². The summed E-state index contributed by atoms with van der Waals surface area (Å²) in [4.78, 5) is 2.50. The summed E-state index contributed by atoms with van der Waals surface area (Å²) < 4.78 is 2.43. The van der Waals surface area contributed by atoms with Crippen LogP contribution < -0.4 is 4.90 Å². The monoisotopic (exact) mass is 840 g/mol. The second kappa shape index (κ2) is 13.7. The third kappa shape index (κ3) is 4.91. The Bertz CT molecular complexity index is 3710. The minimum absolute atomic E-state index is 0.158. The largest absolute Gasteiger partial charge is 0.310 e. The van der Waals surface area contributed by atoms with Gasteiger partial charge in [0.15, 0.2) is 0 Å². The SMILES string of the molecule is CC1(C)c2ccccc2-c2ccc(N(c3cccc(-n4c5ccccc5c5ccccc54)c3)c3ccccc3-c3ccc4c(c3)C3(c5ccccc5-c5ccccc53)c3ccccc3-4)cc21. The molecule has 0 N–H and O–H groups in total. The Morgan fingerprint density at radius 3 is 1.44 bits per heavy atom. The van der Waals surface area contributed by atoms with Crippen LogP contribution in [-0.4, -0.2) is 4.57 Å². The molecule has 11 aromatic rings. The average molecular weight is 841 g/mol. The molecule has 3 aliphatic rings. The van der Waals surface area contributed by atoms with Gasteiger partial charge in [-0.15, -0.1) is 0 Å². The second-order valence-corrected chi connectivity index (χ2v) is 18.8. The Kier molecular flexibility index (Phi) is 7.70. The van der Waals surface area contributed by atoms with Gasteiger partial charge in [0.05, 0.1) is 22.1 Å². The molecule has 0 saturated heterocycles. The van der Waals surface area contributed by atoms with Crippen molar-refractivity contribution < 1.29 is 0 Å². The van der Waals surface area contributed by atoms with E-state index in [0.717, 1.165) is 22.7 Å². The summed E-state index contributed by atoms with van der Waals surface area (Å²) in [6.07, 6.45) is 0. The molecule has 0 atom stereocenters. The average Bonchev–Trinajstić information content (AvgIpc) is 4.04. The first-order valence-electron chi connectivity index (χ1n) is 23.2. The van der Waals surface area contributed by atoms with E-state index in [2.05, 4.69) is 254 Å². The van der Waals surface area contributed by atoms with E-state index in [0.29, 0.717) is 0 Å². The molecule has 66 heavy (non-hydrogen) atoms. The molecule has 0 bridgehead atoms. The fourth-order valence-electron chi connectivity index (χ4n) is 12.4. The van der Waals surface area contributed by atoms with Gasteiger partial charge >= 0.3 is 0 Å². The van der Waals surface area contributed by atoms with Crippen LogP contribution in [-0.2, 0) is 10.8 Å². The number of aromatic nitrogens is 1. The standard InChI is InChI=1S/C64H44N2/c1-63(2)54-27-10-3-21-46(54)50-37-35-44(40-58(50)63)65(42-18-17-19-43(39-42)66-61-32-15-8-25-52(61)53-26-9-16-33-62(53)66)60-31-14-7-20-45(60)41-34-36-51-49-24-6-13-30-57(49)64(59(51)38-41)55-28-11-4-22-47(55)48-23-5-12-29-56(48)64/h3-40H,1-2H3. The van der Waals surface area contributed by atoms with Crippen molar-refractivity contribution in [2.45, 2.75) is 24.7 Å². The lowest BCUT2D eigenvalue weighted by molar-refractivity contribution is 0.660. The Morgan fingerprint density at radius 2 is 0.803 bits per heavy atom. The molecule has 2 nitrogen and oxygen atoms in total. The molecule has 0 saturated carbocycles. The lowest BCUT2D eigenvalue weighted by Crippen LogP contribution is -2.25. The van der Waals surface area contributed by atoms with Gasteiger partial charge in [-0.25, -0.2) is 0 Å². The van der Waals surface area contributed by atoms with Gasteiger partial charge in [0.2, 0.25) is 0 Å². The first-order valence-corrected chi connectivity index (χ1v) is 23.2. The summed E-state index contributed by atoms with van der Waals surface area (Å²) >= 11 is 0. The Hall–Kier alpha value is -8.20. The first-order chi connectivity index (χ1) is 32.5. The Labute approximate surface area is 385 Å². The highest BCUT2D eigenvalue weighted by atomic mass is 15.1. The van der Waals surface area contributed by atoms with Crippen molar-refractivity contribution in [3.05, 3.63) is 264 Å². The maximum absolute atomic E-state index is 2.52. The second-order valence-electron chi connectivity index (χ2n) is 18.8. The van der Waals surface area contributed by atoms with Crippen molar-refractivity contribution in [3.63, 3.8) is 0 Å². The smallest absolute Gasteiger partial charge is 0.0725 e. The quantitative estimate of drug-likeness (QED) is 0.168. The number of rotatable bonds is 5. The molecular formula is C64H44N2. The molecule has 1 aromatic heterocycles. The van der Waals surface area contributed by atoms with Crippen molar-refractivity contribution >= 4 is 38.9 Å². The predicted octanol–water partition coefficient (Wildman–Crippen LogP) is 16.6. The summed E-state index contributed by atoms with van der Waals surface area (Å²) in [6.45, 7) is 4.75. The summed E-state index contributed by atoms with van der Waals surface area (Å²) in [5.74, 6) is 0. The van der Waals surface area contributed by atoms with E-state index < -0.39 is 5.41 Å². The van der Waals surface area contributed by atoms with Crippen LogP contribution in [0.3, 0.4) is 0 Å². The number of hydrogen-bond donors (Lipinski definition) is 0. The van der Waals surface area contributed by atoms with Crippen molar-refractivity contribution in [1.82, 2.24) is 4.57 Å². The third-order valence-corrected chi connectivity index (χ3v) is 15.2. The van der Waals surface area contributed by atoms with Crippen molar-refractivity contribution in [2.24, 2.45) is 0 Å². The molecule has 1 spiro atoms. The minimum Gasteiger partial charge on any atom is -0.310 e. The van der Waals surface area contributed by atoms with Crippen LogP contribution in [0.15, 0.2) is 231 Å². The lowest BCUT2D eigenvalue weighted by atomic mass is 9.70. The molecule has 2 heteroatoms. The Morgan fingerprint density at radius 1 is 0.333 bits per heavy atom. The van der Waals surface area contributed by atoms with Gasteiger partial charge in [0.1, 0.15) is 0 Å². The fourth-order valence-corrected chi connectivity index (χ4v) is 12.4. The molecular weight excluding hydrogens is 797 g/mol. The van der Waals surface area contributed by atoms with E-state index in [1.165, 1.54) is 99.7 Å². The van der Waals surface area contributed by atoms with Crippen LogP contribution in [0.25, 0.3) is 72.0 Å².